The summed E-state index contributed by atoms with van der Waals surface area (Å²) in [6.07, 6.45) is 6.20. The molecule has 4 aliphatic rings. The van der Waals surface area contributed by atoms with Crippen LogP contribution in [0.3, 0.4) is 0 Å². The number of carbonyl (C=O) groups is 1. The maximum atomic E-state index is 13.5. The molecule has 0 saturated heterocycles. The number of ketones is 1. The van der Waals surface area contributed by atoms with Gasteiger partial charge in [-0.25, -0.2) is 0 Å². The molecule has 32 heavy (non-hydrogen) atoms. The molecule has 5 heteroatoms. The van der Waals surface area contributed by atoms with E-state index < -0.39 is 28.3 Å². The Labute approximate surface area is 194 Å². The summed E-state index contributed by atoms with van der Waals surface area (Å²) >= 11 is -1.40. The van der Waals surface area contributed by atoms with Gasteiger partial charge in [-0.05, 0) is 75.1 Å². The molecule has 5 rings (SSSR count). The van der Waals surface area contributed by atoms with Crippen LogP contribution in [0.4, 0.5) is 0 Å². The summed E-state index contributed by atoms with van der Waals surface area (Å²) in [7, 11) is 0. The standard InChI is InChI=1S/C27H34O4S/c1-17(32(31)20-7-5-4-6-8-20)23-16-19(28)15-18-9-10-22-21(26(18,23)3)11-13-25(2)24(29)12-14-27(22,25)30/h4-8,15,21-24,29-30H,1,9-14,16H2,2-3H3/t21-,22+,23?,24-,25+,26-,27+,32?/m0/s1. The largest absolute Gasteiger partial charge is 0.607 e. The summed E-state index contributed by atoms with van der Waals surface area (Å²) in [4.78, 5) is 14.1. The van der Waals surface area contributed by atoms with Gasteiger partial charge in [0.15, 0.2) is 10.7 Å². The van der Waals surface area contributed by atoms with E-state index in [1.165, 1.54) is 0 Å². The first-order chi connectivity index (χ1) is 15.1. The van der Waals surface area contributed by atoms with E-state index >= 15 is 0 Å². The predicted octanol–water partition coefficient (Wildman–Crippen LogP) is 4.54. The van der Waals surface area contributed by atoms with Crippen LogP contribution >= 0.6 is 0 Å². The maximum Gasteiger partial charge on any atom is 0.158 e. The molecule has 4 nitrogen and oxygen atoms in total. The van der Waals surface area contributed by atoms with Crippen molar-refractivity contribution in [2.75, 3.05) is 0 Å². The molecule has 3 saturated carbocycles. The number of rotatable bonds is 3. The average Bonchev–Trinajstić information content (AvgIpc) is 3.03. The second-order valence-corrected chi connectivity index (χ2v) is 12.4. The predicted molar refractivity (Wildman–Crippen MR) is 125 cm³/mol. The van der Waals surface area contributed by atoms with Crippen LogP contribution in [0.1, 0.15) is 58.8 Å². The zero-order valence-corrected chi connectivity index (χ0v) is 19.9. The van der Waals surface area contributed by atoms with E-state index in [-0.39, 0.29) is 29.0 Å². The second kappa shape index (κ2) is 7.56. The fraction of sp³-hybridized carbons (Fsp3) is 0.593. The molecule has 0 aromatic heterocycles. The first kappa shape index (κ1) is 22.4. The number of benzene rings is 1. The molecule has 1 aromatic carbocycles. The van der Waals surface area contributed by atoms with Crippen LogP contribution in [0.25, 0.3) is 0 Å². The van der Waals surface area contributed by atoms with Gasteiger partial charge < -0.3 is 14.8 Å². The molecule has 2 unspecified atom stereocenters. The number of aliphatic hydroxyl groups excluding tert-OH is 1. The molecule has 4 aliphatic carbocycles. The highest BCUT2D eigenvalue weighted by Crippen LogP contribution is 2.68. The van der Waals surface area contributed by atoms with Gasteiger partial charge in [0.2, 0.25) is 0 Å². The molecule has 0 amide bonds. The van der Waals surface area contributed by atoms with Gasteiger partial charge in [0, 0.05) is 34.3 Å². The van der Waals surface area contributed by atoms with Crippen LogP contribution in [0.5, 0.6) is 0 Å². The third kappa shape index (κ3) is 2.91. The summed E-state index contributed by atoms with van der Waals surface area (Å²) in [5.41, 5.74) is -0.592. The lowest BCUT2D eigenvalue weighted by Crippen LogP contribution is -2.62. The highest BCUT2D eigenvalue weighted by molar-refractivity contribution is 7.95. The zero-order chi connectivity index (χ0) is 22.9. The van der Waals surface area contributed by atoms with Crippen molar-refractivity contribution in [3.8, 4) is 0 Å². The lowest BCUT2D eigenvalue weighted by molar-refractivity contribution is -0.196. The Kier molecular flexibility index (Phi) is 5.29. The van der Waals surface area contributed by atoms with Crippen LogP contribution in [0, 0.1) is 28.6 Å². The molecule has 0 bridgehead atoms. The van der Waals surface area contributed by atoms with Gasteiger partial charge in [-0.15, -0.1) is 0 Å². The van der Waals surface area contributed by atoms with E-state index in [2.05, 4.69) is 20.4 Å². The Morgan fingerprint density at radius 1 is 1.12 bits per heavy atom. The van der Waals surface area contributed by atoms with Crippen molar-refractivity contribution < 1.29 is 19.6 Å². The molecule has 0 heterocycles. The molecular weight excluding hydrogens is 420 g/mol. The van der Waals surface area contributed by atoms with Crippen molar-refractivity contribution in [3.05, 3.63) is 53.5 Å². The van der Waals surface area contributed by atoms with Crippen LogP contribution in [-0.4, -0.2) is 32.3 Å². The molecule has 3 fully saturated rings. The Bertz CT molecular complexity index is 973. The van der Waals surface area contributed by atoms with Crippen molar-refractivity contribution in [2.24, 2.45) is 28.6 Å². The summed E-state index contributed by atoms with van der Waals surface area (Å²) < 4.78 is 13.5. The fourth-order valence-electron chi connectivity index (χ4n) is 7.86. The second-order valence-electron chi connectivity index (χ2n) is 10.9. The minimum absolute atomic E-state index is 0.0641. The summed E-state index contributed by atoms with van der Waals surface area (Å²) in [6.45, 7) is 8.57. The minimum Gasteiger partial charge on any atom is -0.607 e. The lowest BCUT2D eigenvalue weighted by Gasteiger charge is -2.62. The van der Waals surface area contributed by atoms with Crippen LogP contribution < -0.4 is 0 Å². The van der Waals surface area contributed by atoms with Gasteiger partial charge in [0.1, 0.15) is 4.91 Å². The van der Waals surface area contributed by atoms with Crippen molar-refractivity contribution in [2.45, 2.75) is 75.4 Å². The Hall–Kier alpha value is -1.40. The molecule has 0 radical (unpaired) electrons. The van der Waals surface area contributed by atoms with E-state index in [1.54, 1.807) is 0 Å². The Morgan fingerprint density at radius 3 is 2.56 bits per heavy atom. The van der Waals surface area contributed by atoms with Gasteiger partial charge in [-0.3, -0.25) is 4.79 Å². The number of allylic oxidation sites excluding steroid dienone is 2. The quantitative estimate of drug-likeness (QED) is 0.657. The number of carbonyl (C=O) groups excluding carboxylic acids is 1. The van der Waals surface area contributed by atoms with Crippen molar-refractivity contribution in [1.82, 2.24) is 0 Å². The molecular formula is C27H34O4S. The first-order valence-corrected chi connectivity index (χ1v) is 13.1. The Morgan fingerprint density at radius 2 is 1.84 bits per heavy atom. The van der Waals surface area contributed by atoms with Crippen molar-refractivity contribution in [3.63, 3.8) is 0 Å². The molecule has 172 valence electrons. The molecule has 1 aromatic rings. The number of aliphatic hydroxyl groups is 2. The monoisotopic (exact) mass is 454 g/mol. The van der Waals surface area contributed by atoms with Crippen LogP contribution in [-0.2, 0) is 16.0 Å². The molecule has 0 spiro atoms. The average molecular weight is 455 g/mol. The van der Waals surface area contributed by atoms with E-state index in [4.69, 9.17) is 0 Å². The third-order valence-electron chi connectivity index (χ3n) is 9.83. The van der Waals surface area contributed by atoms with E-state index in [9.17, 15) is 19.6 Å². The summed E-state index contributed by atoms with van der Waals surface area (Å²) in [6, 6.07) is 9.35. The SMILES string of the molecule is C=C(C1CC(=O)C=C2CC[C@@H]3[C@H](CC[C@]4(C)[C@@H](O)CC[C@@]34O)[C@]21C)[S+]([O-])c1ccccc1. The van der Waals surface area contributed by atoms with Crippen molar-refractivity contribution in [1.29, 1.82) is 0 Å². The summed E-state index contributed by atoms with van der Waals surface area (Å²) in [5, 5.41) is 22.7. The highest BCUT2D eigenvalue weighted by atomic mass is 32.2. The fourth-order valence-corrected chi connectivity index (χ4v) is 9.15. The minimum atomic E-state index is -1.40. The normalized spacial score (nSPS) is 44.2. The smallest absolute Gasteiger partial charge is 0.158 e. The lowest BCUT2D eigenvalue weighted by atomic mass is 9.44. The van der Waals surface area contributed by atoms with Gasteiger partial charge >= 0.3 is 0 Å². The molecule has 0 aliphatic heterocycles. The van der Waals surface area contributed by atoms with E-state index in [1.807, 2.05) is 36.4 Å². The van der Waals surface area contributed by atoms with Crippen LogP contribution in [0.15, 0.2) is 58.4 Å². The molecule has 8 atom stereocenters. The third-order valence-corrected chi connectivity index (χ3v) is 11.3. The topological polar surface area (TPSA) is 80.6 Å². The van der Waals surface area contributed by atoms with Gasteiger partial charge in [-0.1, -0.05) is 37.6 Å². The number of fused-ring (bicyclic) bond motifs is 5. The first-order valence-electron chi connectivity index (χ1n) is 11.9. The maximum absolute atomic E-state index is 13.5. The number of hydrogen-bond acceptors (Lipinski definition) is 4. The van der Waals surface area contributed by atoms with Gasteiger partial charge in [0.05, 0.1) is 11.7 Å². The zero-order valence-electron chi connectivity index (χ0n) is 19.0. The summed E-state index contributed by atoms with van der Waals surface area (Å²) in [5.74, 6) is 0.105. The highest BCUT2D eigenvalue weighted by Gasteiger charge is 2.68. The Balaban J connectivity index is 1.55. The van der Waals surface area contributed by atoms with E-state index in [0.29, 0.717) is 29.1 Å². The number of hydrogen-bond donors (Lipinski definition) is 2. The van der Waals surface area contributed by atoms with Crippen LogP contribution in [0.2, 0.25) is 0 Å². The van der Waals surface area contributed by atoms with Gasteiger partial charge in [0.25, 0.3) is 0 Å². The van der Waals surface area contributed by atoms with E-state index in [0.717, 1.165) is 31.3 Å². The molecule has 2 N–H and O–H groups in total. The van der Waals surface area contributed by atoms with Gasteiger partial charge in [-0.2, -0.15) is 0 Å². The van der Waals surface area contributed by atoms with Crippen molar-refractivity contribution >= 4 is 17.0 Å².